The molecule has 3 aromatic rings. The number of hydrogen-bond acceptors (Lipinski definition) is 4. The van der Waals surface area contributed by atoms with Crippen LogP contribution in [0.25, 0.3) is 11.0 Å². The third kappa shape index (κ3) is 3.75. The number of nitro benzene ring substituents is 1. The summed E-state index contributed by atoms with van der Waals surface area (Å²) in [4.78, 5) is 26.8. The lowest BCUT2D eigenvalue weighted by atomic mass is 10.1. The van der Waals surface area contributed by atoms with Crippen LogP contribution in [-0.2, 0) is 6.18 Å². The maximum atomic E-state index is 12.9. The fourth-order valence-corrected chi connectivity index (χ4v) is 2.95. The summed E-state index contributed by atoms with van der Waals surface area (Å²) in [7, 11) is 0. The van der Waals surface area contributed by atoms with Crippen molar-refractivity contribution in [3.63, 3.8) is 0 Å². The van der Waals surface area contributed by atoms with Crippen LogP contribution in [0.1, 0.15) is 24.1 Å². The van der Waals surface area contributed by atoms with E-state index in [1.54, 1.807) is 25.1 Å². The van der Waals surface area contributed by atoms with Gasteiger partial charge in [0.05, 0.1) is 26.5 Å². The first-order valence-electron chi connectivity index (χ1n) is 7.60. The zero-order valence-corrected chi connectivity index (χ0v) is 14.4. The summed E-state index contributed by atoms with van der Waals surface area (Å²) in [6, 6.07) is 5.76. The van der Waals surface area contributed by atoms with Crippen LogP contribution in [0.15, 0.2) is 35.1 Å². The van der Waals surface area contributed by atoms with Gasteiger partial charge in [-0.3, -0.25) is 10.1 Å². The predicted molar refractivity (Wildman–Crippen MR) is 94.1 cm³/mol. The molecule has 0 aliphatic carbocycles. The van der Waals surface area contributed by atoms with E-state index in [0.29, 0.717) is 22.7 Å². The third-order valence-electron chi connectivity index (χ3n) is 4.00. The van der Waals surface area contributed by atoms with Crippen LogP contribution >= 0.6 is 11.6 Å². The van der Waals surface area contributed by atoms with E-state index in [-0.39, 0.29) is 11.4 Å². The minimum absolute atomic E-state index is 0.145. The molecule has 0 unspecified atom stereocenters. The highest BCUT2D eigenvalue weighted by Crippen LogP contribution is 2.41. The van der Waals surface area contributed by atoms with Crippen molar-refractivity contribution in [3.8, 4) is 0 Å². The van der Waals surface area contributed by atoms with E-state index < -0.39 is 33.4 Å². The highest BCUT2D eigenvalue weighted by Gasteiger charge is 2.36. The highest BCUT2D eigenvalue weighted by molar-refractivity contribution is 6.31. The number of rotatable bonds is 4. The largest absolute Gasteiger partial charge is 0.418 e. The number of H-pyrrole nitrogens is 2. The minimum Gasteiger partial charge on any atom is -0.373 e. The number of fused-ring (bicyclic) bond motifs is 1. The van der Waals surface area contributed by atoms with Gasteiger partial charge in [-0.25, -0.2) is 4.79 Å². The molecule has 1 aromatic heterocycles. The molecule has 0 aliphatic heterocycles. The molecule has 0 saturated carbocycles. The first-order valence-corrected chi connectivity index (χ1v) is 7.97. The van der Waals surface area contributed by atoms with Crippen molar-refractivity contribution < 1.29 is 18.1 Å². The van der Waals surface area contributed by atoms with E-state index in [4.69, 9.17) is 11.6 Å². The van der Waals surface area contributed by atoms with Gasteiger partial charge >= 0.3 is 11.9 Å². The average molecular weight is 401 g/mol. The van der Waals surface area contributed by atoms with Crippen LogP contribution in [0.4, 0.5) is 24.5 Å². The van der Waals surface area contributed by atoms with E-state index in [0.717, 1.165) is 6.07 Å². The summed E-state index contributed by atoms with van der Waals surface area (Å²) in [5, 5.41) is 13.4. The van der Waals surface area contributed by atoms with Crippen molar-refractivity contribution in [3.05, 3.63) is 67.1 Å². The quantitative estimate of drug-likeness (QED) is 0.439. The normalized spacial score (nSPS) is 12.9. The van der Waals surface area contributed by atoms with Crippen molar-refractivity contribution in [2.45, 2.75) is 19.1 Å². The Labute approximate surface area is 154 Å². The van der Waals surface area contributed by atoms with Crippen LogP contribution in [0.3, 0.4) is 0 Å². The van der Waals surface area contributed by atoms with Crippen molar-refractivity contribution in [1.82, 2.24) is 9.97 Å². The molecule has 0 aliphatic rings. The molecule has 3 N–H and O–H groups in total. The first-order chi connectivity index (χ1) is 12.6. The summed E-state index contributed by atoms with van der Waals surface area (Å²) in [6.07, 6.45) is -4.81. The monoisotopic (exact) mass is 400 g/mol. The topological polar surface area (TPSA) is 104 Å². The lowest BCUT2D eigenvalue weighted by Crippen LogP contribution is -2.11. The first kappa shape index (κ1) is 18.8. The Morgan fingerprint density at radius 3 is 2.48 bits per heavy atom. The number of nitro groups is 1. The van der Waals surface area contributed by atoms with Crippen LogP contribution < -0.4 is 11.0 Å². The molecule has 0 spiro atoms. The predicted octanol–water partition coefficient (Wildman–Crippen LogP) is 4.61. The Morgan fingerprint density at radius 2 is 1.85 bits per heavy atom. The van der Waals surface area contributed by atoms with Crippen LogP contribution in [0.2, 0.25) is 5.02 Å². The molecule has 0 fully saturated rings. The molecule has 0 saturated heterocycles. The van der Waals surface area contributed by atoms with Crippen molar-refractivity contribution in [1.29, 1.82) is 0 Å². The van der Waals surface area contributed by atoms with Gasteiger partial charge < -0.3 is 15.3 Å². The molecular weight excluding hydrogens is 389 g/mol. The number of aromatic nitrogens is 2. The number of halogens is 4. The van der Waals surface area contributed by atoms with Gasteiger partial charge in [0.25, 0.3) is 5.69 Å². The molecule has 7 nitrogen and oxygen atoms in total. The number of nitrogens with zero attached hydrogens (tertiary/aromatic N) is 1. The zero-order chi connectivity index (χ0) is 19.9. The Morgan fingerprint density at radius 1 is 1.19 bits per heavy atom. The second kappa shape index (κ2) is 6.62. The number of alkyl halides is 3. The van der Waals surface area contributed by atoms with Gasteiger partial charge in [-0.1, -0.05) is 17.7 Å². The summed E-state index contributed by atoms with van der Waals surface area (Å²) in [5.74, 6) is 0. The maximum absolute atomic E-state index is 12.9. The standard InChI is InChI=1S/C16H12ClF3N4O3/c1-7(8-2-3-11-12(4-8)23-15(25)22-11)21-13-6-10(17)9(16(18,19)20)5-14(13)24(26)27/h2-7,21H,1H3,(H2,22,23,25)/t7-/m1/s1. The van der Waals surface area contributed by atoms with Gasteiger partial charge in [-0.05, 0) is 30.7 Å². The molecule has 0 radical (unpaired) electrons. The molecule has 3 rings (SSSR count). The Balaban J connectivity index is 1.98. The van der Waals surface area contributed by atoms with Gasteiger partial charge in [0.2, 0.25) is 0 Å². The van der Waals surface area contributed by atoms with Gasteiger partial charge in [0, 0.05) is 12.1 Å². The van der Waals surface area contributed by atoms with E-state index in [1.807, 2.05) is 0 Å². The van der Waals surface area contributed by atoms with E-state index in [2.05, 4.69) is 15.3 Å². The van der Waals surface area contributed by atoms with Gasteiger partial charge in [0.15, 0.2) is 0 Å². The van der Waals surface area contributed by atoms with E-state index in [9.17, 15) is 28.1 Å². The number of benzene rings is 2. The van der Waals surface area contributed by atoms with Crippen molar-refractivity contribution in [2.24, 2.45) is 0 Å². The molecule has 1 heterocycles. The molecule has 2 aromatic carbocycles. The fourth-order valence-electron chi connectivity index (χ4n) is 2.68. The Bertz CT molecular complexity index is 1090. The maximum Gasteiger partial charge on any atom is 0.418 e. The van der Waals surface area contributed by atoms with Gasteiger partial charge in [-0.15, -0.1) is 0 Å². The summed E-state index contributed by atoms with van der Waals surface area (Å²) in [6.45, 7) is 1.67. The number of anilines is 1. The lowest BCUT2D eigenvalue weighted by molar-refractivity contribution is -0.384. The van der Waals surface area contributed by atoms with Gasteiger partial charge in [0.1, 0.15) is 5.69 Å². The van der Waals surface area contributed by atoms with Crippen molar-refractivity contribution >= 4 is 34.0 Å². The van der Waals surface area contributed by atoms with E-state index >= 15 is 0 Å². The highest BCUT2D eigenvalue weighted by atomic mass is 35.5. The second-order valence-electron chi connectivity index (χ2n) is 5.85. The van der Waals surface area contributed by atoms with Crippen LogP contribution in [-0.4, -0.2) is 14.9 Å². The molecule has 1 atom stereocenters. The fraction of sp³-hybridized carbons (Fsp3) is 0.188. The summed E-state index contributed by atoms with van der Waals surface area (Å²) in [5.41, 5.74) is -0.773. The number of hydrogen-bond donors (Lipinski definition) is 3. The summed E-state index contributed by atoms with van der Waals surface area (Å²) >= 11 is 5.67. The van der Waals surface area contributed by atoms with Crippen LogP contribution in [0, 0.1) is 10.1 Å². The van der Waals surface area contributed by atoms with Crippen LogP contribution in [0.5, 0.6) is 0 Å². The molecule has 142 valence electrons. The number of aromatic amines is 2. The zero-order valence-electron chi connectivity index (χ0n) is 13.6. The molecule has 11 heteroatoms. The number of nitrogens with one attached hydrogen (secondary N) is 3. The van der Waals surface area contributed by atoms with Crippen molar-refractivity contribution in [2.75, 3.05) is 5.32 Å². The van der Waals surface area contributed by atoms with Gasteiger partial charge in [-0.2, -0.15) is 13.2 Å². The summed E-state index contributed by atoms with van der Waals surface area (Å²) < 4.78 is 38.8. The Kier molecular flexibility index (Phi) is 4.60. The SMILES string of the molecule is C[C@@H](Nc1cc(Cl)c(C(F)(F)F)cc1[N+](=O)[O-])c1ccc2[nH]c(=O)[nH]c2c1. The minimum atomic E-state index is -4.81. The third-order valence-corrected chi connectivity index (χ3v) is 4.31. The second-order valence-corrected chi connectivity index (χ2v) is 6.26. The number of imidazole rings is 1. The molecule has 0 bridgehead atoms. The van der Waals surface area contributed by atoms with E-state index in [1.165, 1.54) is 0 Å². The lowest BCUT2D eigenvalue weighted by Gasteiger charge is -2.17. The molecular formula is C16H12ClF3N4O3. The average Bonchev–Trinajstić information content (AvgIpc) is 2.92. The molecule has 0 amide bonds. The Hall–Kier alpha value is -3.01. The molecule has 27 heavy (non-hydrogen) atoms. The smallest absolute Gasteiger partial charge is 0.373 e.